The van der Waals surface area contributed by atoms with Crippen molar-refractivity contribution in [3.05, 3.63) is 55.9 Å². The van der Waals surface area contributed by atoms with Crippen molar-refractivity contribution in [1.29, 1.82) is 0 Å². The van der Waals surface area contributed by atoms with Crippen molar-refractivity contribution in [3.8, 4) is 0 Å². The first-order valence-electron chi connectivity index (χ1n) is 5.21. The Morgan fingerprint density at radius 3 is 2.85 bits per heavy atom. The first-order chi connectivity index (χ1) is 9.49. The van der Waals surface area contributed by atoms with E-state index in [0.717, 1.165) is 12.3 Å². The Morgan fingerprint density at radius 2 is 2.20 bits per heavy atom. The van der Waals surface area contributed by atoms with Crippen LogP contribution in [0.4, 0.5) is 11.5 Å². The highest BCUT2D eigenvalue weighted by Crippen LogP contribution is 2.22. The first kappa shape index (κ1) is 14.4. The van der Waals surface area contributed by atoms with E-state index in [-0.39, 0.29) is 22.2 Å². The zero-order chi connectivity index (χ0) is 14.7. The number of halogens is 2. The zero-order valence-corrected chi connectivity index (χ0v) is 12.1. The molecule has 2 aromatic rings. The molecule has 0 atom stereocenters. The first-order valence-corrected chi connectivity index (χ1v) is 6.38. The van der Waals surface area contributed by atoms with E-state index in [9.17, 15) is 14.9 Å². The molecule has 0 saturated carbocycles. The SMILES string of the molecule is O=C(Nc1ncccc1Br)c1cc([N+](=O)[O-])cnc1Cl. The second-order valence-corrected chi connectivity index (χ2v) is 4.79. The highest BCUT2D eigenvalue weighted by atomic mass is 79.9. The quantitative estimate of drug-likeness (QED) is 0.517. The fourth-order valence-electron chi connectivity index (χ4n) is 1.35. The Balaban J connectivity index is 2.32. The summed E-state index contributed by atoms with van der Waals surface area (Å²) in [6, 6.07) is 4.43. The molecule has 9 heteroatoms. The number of carbonyl (C=O) groups is 1. The van der Waals surface area contributed by atoms with Crippen LogP contribution in [0.3, 0.4) is 0 Å². The van der Waals surface area contributed by atoms with Gasteiger partial charge in [0.25, 0.3) is 11.6 Å². The molecule has 0 fully saturated rings. The lowest BCUT2D eigenvalue weighted by Crippen LogP contribution is -2.14. The van der Waals surface area contributed by atoms with Gasteiger partial charge in [-0.05, 0) is 28.1 Å². The van der Waals surface area contributed by atoms with Crippen molar-refractivity contribution in [2.45, 2.75) is 0 Å². The molecule has 2 rings (SSSR count). The van der Waals surface area contributed by atoms with Crippen LogP contribution < -0.4 is 5.32 Å². The number of nitrogens with one attached hydrogen (secondary N) is 1. The zero-order valence-electron chi connectivity index (χ0n) is 9.71. The van der Waals surface area contributed by atoms with E-state index in [1.165, 1.54) is 6.20 Å². The molecule has 0 bridgehead atoms. The summed E-state index contributed by atoms with van der Waals surface area (Å²) in [6.45, 7) is 0. The van der Waals surface area contributed by atoms with Gasteiger partial charge < -0.3 is 5.32 Å². The number of nitrogens with zero attached hydrogens (tertiary/aromatic N) is 3. The van der Waals surface area contributed by atoms with Crippen LogP contribution in [0.5, 0.6) is 0 Å². The van der Waals surface area contributed by atoms with Gasteiger partial charge in [0.1, 0.15) is 17.2 Å². The summed E-state index contributed by atoms with van der Waals surface area (Å²) in [5.74, 6) is -0.356. The molecule has 0 saturated heterocycles. The van der Waals surface area contributed by atoms with E-state index in [2.05, 4.69) is 31.2 Å². The molecule has 7 nitrogen and oxygen atoms in total. The van der Waals surface area contributed by atoms with Crippen LogP contribution in [-0.2, 0) is 0 Å². The van der Waals surface area contributed by atoms with Crippen molar-refractivity contribution >= 4 is 44.9 Å². The molecule has 0 aliphatic carbocycles. The van der Waals surface area contributed by atoms with Gasteiger partial charge in [-0.1, -0.05) is 11.6 Å². The summed E-state index contributed by atoms with van der Waals surface area (Å²) >= 11 is 8.99. The predicted molar refractivity (Wildman–Crippen MR) is 75.8 cm³/mol. The van der Waals surface area contributed by atoms with E-state index >= 15 is 0 Å². The maximum absolute atomic E-state index is 12.0. The molecule has 0 unspecified atom stereocenters. The fourth-order valence-corrected chi connectivity index (χ4v) is 1.89. The van der Waals surface area contributed by atoms with Gasteiger partial charge in [0.05, 0.1) is 15.0 Å². The Morgan fingerprint density at radius 1 is 1.45 bits per heavy atom. The highest BCUT2D eigenvalue weighted by Gasteiger charge is 2.18. The van der Waals surface area contributed by atoms with Crippen molar-refractivity contribution < 1.29 is 9.72 Å². The Hall–Kier alpha value is -2.06. The molecule has 0 spiro atoms. The molecule has 0 aliphatic rings. The number of aromatic nitrogens is 2. The Labute approximate surface area is 126 Å². The number of anilines is 1. The lowest BCUT2D eigenvalue weighted by molar-refractivity contribution is -0.385. The minimum atomic E-state index is -0.656. The van der Waals surface area contributed by atoms with Crippen LogP contribution in [0.2, 0.25) is 5.15 Å². The standard InChI is InChI=1S/C11H6BrClN4O3/c12-8-2-1-3-14-10(8)16-11(18)7-4-6(17(19)20)5-15-9(7)13/h1-5H,(H,14,16,18). The minimum Gasteiger partial charge on any atom is -0.306 e. The topological polar surface area (TPSA) is 98.0 Å². The van der Waals surface area contributed by atoms with Crippen molar-refractivity contribution in [2.24, 2.45) is 0 Å². The van der Waals surface area contributed by atoms with Gasteiger partial charge in [-0.15, -0.1) is 0 Å². The fraction of sp³-hybridized carbons (Fsp3) is 0. The van der Waals surface area contributed by atoms with Gasteiger partial charge in [-0.25, -0.2) is 9.97 Å². The number of hydrogen-bond donors (Lipinski definition) is 1. The number of nitro groups is 1. The number of amides is 1. The average Bonchev–Trinajstić information content (AvgIpc) is 2.41. The molecule has 0 radical (unpaired) electrons. The predicted octanol–water partition coefficient (Wildman–Crippen LogP) is 3.05. The number of rotatable bonds is 3. The van der Waals surface area contributed by atoms with Gasteiger partial charge in [-0.3, -0.25) is 14.9 Å². The third-order valence-electron chi connectivity index (χ3n) is 2.27. The van der Waals surface area contributed by atoms with E-state index in [1.54, 1.807) is 12.1 Å². The normalized spacial score (nSPS) is 10.1. The Kier molecular flexibility index (Phi) is 4.26. The van der Waals surface area contributed by atoms with Crippen molar-refractivity contribution in [1.82, 2.24) is 9.97 Å². The van der Waals surface area contributed by atoms with Crippen LogP contribution in [0.1, 0.15) is 10.4 Å². The van der Waals surface area contributed by atoms with Gasteiger partial charge in [-0.2, -0.15) is 0 Å². The molecular weight excluding hydrogens is 352 g/mol. The van der Waals surface area contributed by atoms with E-state index in [4.69, 9.17) is 11.6 Å². The van der Waals surface area contributed by atoms with E-state index in [1.807, 2.05) is 0 Å². The molecule has 102 valence electrons. The summed E-state index contributed by atoms with van der Waals surface area (Å²) in [6.07, 6.45) is 2.48. The molecule has 0 aliphatic heterocycles. The van der Waals surface area contributed by atoms with Crippen molar-refractivity contribution in [2.75, 3.05) is 5.32 Å². The third kappa shape index (κ3) is 3.09. The highest BCUT2D eigenvalue weighted by molar-refractivity contribution is 9.10. The van der Waals surface area contributed by atoms with Crippen LogP contribution in [0.15, 0.2) is 35.1 Å². The maximum Gasteiger partial charge on any atom is 0.288 e. The van der Waals surface area contributed by atoms with E-state index in [0.29, 0.717) is 4.47 Å². The summed E-state index contributed by atoms with van der Waals surface area (Å²) in [5, 5.41) is 13.0. The summed E-state index contributed by atoms with van der Waals surface area (Å²) in [5.41, 5.74) is -0.418. The molecule has 0 aromatic carbocycles. The van der Waals surface area contributed by atoms with Gasteiger partial charge in [0, 0.05) is 12.3 Å². The third-order valence-corrected chi connectivity index (χ3v) is 3.21. The van der Waals surface area contributed by atoms with E-state index < -0.39 is 10.8 Å². The molecular formula is C11H6BrClN4O3. The second-order valence-electron chi connectivity index (χ2n) is 3.58. The average molecular weight is 358 g/mol. The largest absolute Gasteiger partial charge is 0.306 e. The van der Waals surface area contributed by atoms with Crippen LogP contribution >= 0.6 is 27.5 Å². The molecule has 20 heavy (non-hydrogen) atoms. The van der Waals surface area contributed by atoms with Gasteiger partial charge >= 0.3 is 0 Å². The summed E-state index contributed by atoms with van der Waals surface area (Å²) in [4.78, 5) is 29.6. The van der Waals surface area contributed by atoms with Crippen LogP contribution in [0.25, 0.3) is 0 Å². The van der Waals surface area contributed by atoms with Gasteiger partial charge in [0.2, 0.25) is 0 Å². The Bertz CT molecular complexity index is 695. The number of hydrogen-bond acceptors (Lipinski definition) is 5. The number of carbonyl (C=O) groups excluding carboxylic acids is 1. The molecule has 2 heterocycles. The second kappa shape index (κ2) is 5.93. The lowest BCUT2D eigenvalue weighted by Gasteiger charge is -2.06. The smallest absolute Gasteiger partial charge is 0.288 e. The summed E-state index contributed by atoms with van der Waals surface area (Å²) in [7, 11) is 0. The van der Waals surface area contributed by atoms with Gasteiger partial charge in [0.15, 0.2) is 0 Å². The minimum absolute atomic E-state index is 0.0987. The van der Waals surface area contributed by atoms with Crippen molar-refractivity contribution in [3.63, 3.8) is 0 Å². The van der Waals surface area contributed by atoms with Crippen LogP contribution in [0, 0.1) is 10.1 Å². The number of pyridine rings is 2. The lowest BCUT2D eigenvalue weighted by atomic mass is 10.2. The molecule has 2 aromatic heterocycles. The molecule has 1 amide bonds. The molecule has 1 N–H and O–H groups in total. The van der Waals surface area contributed by atoms with Crippen LogP contribution in [-0.4, -0.2) is 20.8 Å². The summed E-state index contributed by atoms with van der Waals surface area (Å²) < 4.78 is 0.572. The maximum atomic E-state index is 12.0. The monoisotopic (exact) mass is 356 g/mol.